The van der Waals surface area contributed by atoms with Gasteiger partial charge in [-0.15, -0.1) is 0 Å². The number of likely N-dealkylation sites (N-methyl/N-ethyl adjacent to an activating group) is 1. The van der Waals surface area contributed by atoms with Gasteiger partial charge in [0.25, 0.3) is 0 Å². The molecule has 1 aliphatic heterocycles. The summed E-state index contributed by atoms with van der Waals surface area (Å²) >= 11 is 5.97. The molecule has 4 nitrogen and oxygen atoms in total. The summed E-state index contributed by atoms with van der Waals surface area (Å²) in [6.45, 7) is 1.69. The van der Waals surface area contributed by atoms with Gasteiger partial charge in [0.15, 0.2) is 0 Å². The summed E-state index contributed by atoms with van der Waals surface area (Å²) in [6.07, 6.45) is 3.03. The zero-order chi connectivity index (χ0) is 16.2. The summed E-state index contributed by atoms with van der Waals surface area (Å²) in [4.78, 5) is 20.7. The van der Waals surface area contributed by atoms with E-state index in [2.05, 4.69) is 9.88 Å². The topological polar surface area (TPSA) is 36.4 Å². The molecule has 2 heterocycles. The molecule has 3 rings (SSSR count). The maximum atomic E-state index is 12.3. The summed E-state index contributed by atoms with van der Waals surface area (Å²) in [6, 6.07) is 13.8. The summed E-state index contributed by atoms with van der Waals surface area (Å²) in [5.41, 5.74) is 1.10. The largest absolute Gasteiger partial charge is 0.352 e. The number of pyridine rings is 1. The highest BCUT2D eigenvalue weighted by Crippen LogP contribution is 2.21. The highest BCUT2D eigenvalue weighted by molar-refractivity contribution is 6.30. The highest BCUT2D eigenvalue weighted by atomic mass is 35.5. The van der Waals surface area contributed by atoms with Crippen molar-refractivity contribution in [1.82, 2.24) is 9.88 Å². The smallest absolute Gasteiger partial charge is 0.223 e. The Kier molecular flexibility index (Phi) is 4.82. The van der Waals surface area contributed by atoms with Crippen LogP contribution in [0.1, 0.15) is 12.0 Å². The first kappa shape index (κ1) is 15.8. The van der Waals surface area contributed by atoms with E-state index in [4.69, 9.17) is 11.6 Å². The van der Waals surface area contributed by atoms with Crippen LogP contribution in [0.15, 0.2) is 48.7 Å². The molecule has 1 fully saturated rings. The summed E-state index contributed by atoms with van der Waals surface area (Å²) in [5, 5.41) is 0.716. The van der Waals surface area contributed by atoms with Gasteiger partial charge < -0.3 is 9.80 Å². The first-order valence-corrected chi connectivity index (χ1v) is 8.17. The quantitative estimate of drug-likeness (QED) is 0.846. The first-order valence-electron chi connectivity index (χ1n) is 7.79. The minimum Gasteiger partial charge on any atom is -0.352 e. The lowest BCUT2D eigenvalue weighted by Crippen LogP contribution is -2.60. The number of carbonyl (C=O) groups excluding carboxylic acids is 1. The van der Waals surface area contributed by atoms with Gasteiger partial charge in [-0.2, -0.15) is 0 Å². The molecular weight excluding hydrogens is 310 g/mol. The average Bonchev–Trinajstić information content (AvgIpc) is 2.52. The fraction of sp³-hybridized carbons (Fsp3) is 0.333. The minimum atomic E-state index is 0.177. The Morgan fingerprint density at radius 3 is 2.83 bits per heavy atom. The van der Waals surface area contributed by atoms with Crippen molar-refractivity contribution in [2.45, 2.75) is 18.9 Å². The van der Waals surface area contributed by atoms with Crippen molar-refractivity contribution in [2.24, 2.45) is 0 Å². The molecule has 0 aliphatic carbocycles. The number of nitrogens with zero attached hydrogens (tertiary/aromatic N) is 3. The molecular formula is C18H20ClN3O. The van der Waals surface area contributed by atoms with Gasteiger partial charge >= 0.3 is 0 Å². The van der Waals surface area contributed by atoms with Crippen LogP contribution in [0.3, 0.4) is 0 Å². The minimum absolute atomic E-state index is 0.177. The number of halogens is 1. The van der Waals surface area contributed by atoms with E-state index in [0.717, 1.165) is 30.9 Å². The number of aryl methyl sites for hydroxylation is 1. The number of hydrogen-bond donors (Lipinski definition) is 0. The number of amides is 1. The van der Waals surface area contributed by atoms with E-state index < -0.39 is 0 Å². The lowest BCUT2D eigenvalue weighted by atomic mass is 10.1. The number of rotatable bonds is 5. The van der Waals surface area contributed by atoms with E-state index in [1.807, 2.05) is 54.4 Å². The normalized spacial score (nSPS) is 14.4. The monoisotopic (exact) mass is 329 g/mol. The molecule has 0 bridgehead atoms. The lowest BCUT2D eigenvalue weighted by Gasteiger charge is -2.44. The second-order valence-electron chi connectivity index (χ2n) is 5.88. The molecule has 1 amide bonds. The zero-order valence-electron chi connectivity index (χ0n) is 13.2. The van der Waals surface area contributed by atoms with E-state index in [1.54, 1.807) is 6.20 Å². The third-order valence-corrected chi connectivity index (χ3v) is 4.53. The van der Waals surface area contributed by atoms with Crippen molar-refractivity contribution < 1.29 is 4.79 Å². The third-order valence-electron chi connectivity index (χ3n) is 4.29. The SMILES string of the molecule is CN(C(=O)CCc1cccc(Cl)c1)C1CN(c2ccccn2)C1. The van der Waals surface area contributed by atoms with Crippen LogP contribution in [0.5, 0.6) is 0 Å². The Balaban J connectivity index is 1.47. The molecule has 1 aromatic heterocycles. The van der Waals surface area contributed by atoms with Crippen molar-refractivity contribution in [3.63, 3.8) is 0 Å². The standard InChI is InChI=1S/C18H20ClN3O/c1-21(16-12-22(13-16)17-7-2-3-10-20-17)18(23)9-8-14-5-4-6-15(19)11-14/h2-7,10-11,16H,8-9,12-13H2,1H3. The second-order valence-corrected chi connectivity index (χ2v) is 6.32. The van der Waals surface area contributed by atoms with Gasteiger partial charge in [-0.05, 0) is 36.2 Å². The van der Waals surface area contributed by atoms with Gasteiger partial charge in [0.1, 0.15) is 5.82 Å². The average molecular weight is 330 g/mol. The molecule has 5 heteroatoms. The van der Waals surface area contributed by atoms with Crippen LogP contribution in [0.2, 0.25) is 5.02 Å². The van der Waals surface area contributed by atoms with Crippen molar-refractivity contribution in [3.05, 3.63) is 59.2 Å². The maximum Gasteiger partial charge on any atom is 0.223 e. The van der Waals surface area contributed by atoms with Gasteiger partial charge in [0, 0.05) is 37.8 Å². The summed E-state index contributed by atoms with van der Waals surface area (Å²) in [7, 11) is 1.89. The van der Waals surface area contributed by atoms with Crippen molar-refractivity contribution in [1.29, 1.82) is 0 Å². The molecule has 0 unspecified atom stereocenters. The Hall–Kier alpha value is -2.07. The summed E-state index contributed by atoms with van der Waals surface area (Å²) in [5.74, 6) is 1.15. The predicted molar refractivity (Wildman–Crippen MR) is 92.8 cm³/mol. The molecule has 0 saturated carbocycles. The number of carbonyl (C=O) groups is 1. The molecule has 0 atom stereocenters. The van der Waals surface area contributed by atoms with E-state index in [9.17, 15) is 4.79 Å². The van der Waals surface area contributed by atoms with Crippen LogP contribution in [0.25, 0.3) is 0 Å². The van der Waals surface area contributed by atoms with Crippen LogP contribution in [-0.2, 0) is 11.2 Å². The first-order chi connectivity index (χ1) is 11.1. The molecule has 1 saturated heterocycles. The molecule has 0 radical (unpaired) electrons. The Morgan fingerprint density at radius 1 is 1.30 bits per heavy atom. The fourth-order valence-electron chi connectivity index (χ4n) is 2.75. The molecule has 120 valence electrons. The predicted octanol–water partition coefficient (Wildman–Crippen LogP) is 3.01. The van der Waals surface area contributed by atoms with Crippen molar-refractivity contribution in [2.75, 3.05) is 25.0 Å². The molecule has 2 aromatic rings. The lowest BCUT2D eigenvalue weighted by molar-refractivity contribution is -0.132. The number of hydrogen-bond acceptors (Lipinski definition) is 3. The molecule has 0 spiro atoms. The molecule has 1 aliphatic rings. The third kappa shape index (κ3) is 3.82. The second kappa shape index (κ2) is 7.01. The summed E-state index contributed by atoms with van der Waals surface area (Å²) < 4.78 is 0. The van der Waals surface area contributed by atoms with E-state index in [-0.39, 0.29) is 11.9 Å². The van der Waals surface area contributed by atoms with Gasteiger partial charge in [-0.1, -0.05) is 29.8 Å². The van der Waals surface area contributed by atoms with Crippen LogP contribution in [-0.4, -0.2) is 42.0 Å². The Labute approximate surface area is 141 Å². The molecule has 0 N–H and O–H groups in total. The van der Waals surface area contributed by atoms with Gasteiger partial charge in [0.05, 0.1) is 6.04 Å². The van der Waals surface area contributed by atoms with Crippen LogP contribution in [0, 0.1) is 0 Å². The van der Waals surface area contributed by atoms with E-state index >= 15 is 0 Å². The van der Waals surface area contributed by atoms with Gasteiger partial charge in [-0.25, -0.2) is 4.98 Å². The van der Waals surface area contributed by atoms with Crippen molar-refractivity contribution in [3.8, 4) is 0 Å². The molecule has 23 heavy (non-hydrogen) atoms. The Morgan fingerprint density at radius 2 is 2.13 bits per heavy atom. The van der Waals surface area contributed by atoms with E-state index in [1.165, 1.54) is 0 Å². The Bertz CT molecular complexity index is 671. The number of anilines is 1. The van der Waals surface area contributed by atoms with Crippen LogP contribution >= 0.6 is 11.6 Å². The van der Waals surface area contributed by atoms with Crippen molar-refractivity contribution >= 4 is 23.3 Å². The molecule has 1 aromatic carbocycles. The van der Waals surface area contributed by atoms with Crippen LogP contribution < -0.4 is 4.90 Å². The number of benzene rings is 1. The van der Waals surface area contributed by atoms with Gasteiger partial charge in [0.2, 0.25) is 5.91 Å². The highest BCUT2D eigenvalue weighted by Gasteiger charge is 2.32. The fourth-order valence-corrected chi connectivity index (χ4v) is 2.96. The zero-order valence-corrected chi connectivity index (χ0v) is 13.9. The van der Waals surface area contributed by atoms with Crippen LogP contribution in [0.4, 0.5) is 5.82 Å². The van der Waals surface area contributed by atoms with Gasteiger partial charge in [-0.3, -0.25) is 4.79 Å². The maximum absolute atomic E-state index is 12.3. The van der Waals surface area contributed by atoms with E-state index in [0.29, 0.717) is 11.4 Å². The number of aromatic nitrogens is 1.